The van der Waals surface area contributed by atoms with E-state index in [4.69, 9.17) is 0 Å². The van der Waals surface area contributed by atoms with E-state index in [2.05, 4.69) is 4.98 Å². The molecule has 0 aliphatic carbocycles. The quantitative estimate of drug-likeness (QED) is 0.814. The van der Waals surface area contributed by atoms with Gasteiger partial charge in [0.2, 0.25) is 0 Å². The van der Waals surface area contributed by atoms with E-state index in [9.17, 15) is 18.0 Å². The minimum atomic E-state index is -1.59. The van der Waals surface area contributed by atoms with Gasteiger partial charge in [0.25, 0.3) is 5.91 Å². The molecule has 0 bridgehead atoms. The van der Waals surface area contributed by atoms with Crippen molar-refractivity contribution < 1.29 is 18.0 Å². The molecule has 0 spiro atoms. The van der Waals surface area contributed by atoms with Crippen LogP contribution in [-0.4, -0.2) is 22.8 Å². The molecule has 1 atom stereocenters. The minimum absolute atomic E-state index is 0.246. The zero-order valence-electron chi connectivity index (χ0n) is 11.5. The molecule has 1 heterocycles. The maximum absolute atomic E-state index is 13.2. The standard InChI is InChI=1S/C15H13F3N2O/c1-9(10-4-3-5-19-8-10)20(2)15(21)11-6-12(16)14(18)13(17)7-11/h3-9H,1-2H3. The minimum Gasteiger partial charge on any atom is -0.335 e. The Labute approximate surface area is 120 Å². The van der Waals surface area contributed by atoms with Crippen LogP contribution in [0.25, 0.3) is 0 Å². The highest BCUT2D eigenvalue weighted by Gasteiger charge is 2.22. The summed E-state index contributed by atoms with van der Waals surface area (Å²) in [7, 11) is 1.50. The molecular weight excluding hydrogens is 281 g/mol. The summed E-state index contributed by atoms with van der Waals surface area (Å²) >= 11 is 0. The second kappa shape index (κ2) is 5.95. The lowest BCUT2D eigenvalue weighted by Gasteiger charge is -2.25. The van der Waals surface area contributed by atoms with E-state index >= 15 is 0 Å². The van der Waals surface area contributed by atoms with Crippen LogP contribution < -0.4 is 0 Å². The lowest BCUT2D eigenvalue weighted by atomic mass is 10.1. The van der Waals surface area contributed by atoms with Crippen LogP contribution in [0.5, 0.6) is 0 Å². The zero-order chi connectivity index (χ0) is 15.6. The van der Waals surface area contributed by atoms with Gasteiger partial charge >= 0.3 is 0 Å². The van der Waals surface area contributed by atoms with Crippen LogP contribution in [0.4, 0.5) is 13.2 Å². The van der Waals surface area contributed by atoms with Gasteiger partial charge in [-0.2, -0.15) is 0 Å². The van der Waals surface area contributed by atoms with E-state index in [1.165, 1.54) is 11.9 Å². The molecular formula is C15H13F3N2O. The molecule has 1 aromatic carbocycles. The summed E-state index contributed by atoms with van der Waals surface area (Å²) in [6.07, 6.45) is 3.20. The van der Waals surface area contributed by atoms with Crippen molar-refractivity contribution in [2.24, 2.45) is 0 Å². The van der Waals surface area contributed by atoms with Crippen molar-refractivity contribution in [3.63, 3.8) is 0 Å². The number of carbonyl (C=O) groups is 1. The average Bonchev–Trinajstić information content (AvgIpc) is 2.50. The van der Waals surface area contributed by atoms with Crippen LogP contribution in [0.1, 0.15) is 28.9 Å². The van der Waals surface area contributed by atoms with Crippen molar-refractivity contribution in [3.8, 4) is 0 Å². The first-order valence-electron chi connectivity index (χ1n) is 6.23. The molecule has 110 valence electrons. The number of pyridine rings is 1. The summed E-state index contributed by atoms with van der Waals surface area (Å²) in [6, 6.07) is 4.54. The van der Waals surface area contributed by atoms with Crippen LogP contribution >= 0.6 is 0 Å². The summed E-state index contributed by atoms with van der Waals surface area (Å²) in [5.41, 5.74) is 0.529. The average molecular weight is 294 g/mol. The molecule has 1 amide bonds. The Balaban J connectivity index is 2.27. The molecule has 0 aliphatic heterocycles. The van der Waals surface area contributed by atoms with Gasteiger partial charge in [-0.3, -0.25) is 9.78 Å². The SMILES string of the molecule is CC(c1cccnc1)N(C)C(=O)c1cc(F)c(F)c(F)c1. The Morgan fingerprint density at radius 2 is 1.86 bits per heavy atom. The fourth-order valence-corrected chi connectivity index (χ4v) is 1.91. The van der Waals surface area contributed by atoms with E-state index in [-0.39, 0.29) is 11.6 Å². The molecule has 6 heteroatoms. The fourth-order valence-electron chi connectivity index (χ4n) is 1.91. The number of halogens is 3. The number of benzene rings is 1. The van der Waals surface area contributed by atoms with Gasteiger partial charge in [0.05, 0.1) is 6.04 Å². The topological polar surface area (TPSA) is 33.2 Å². The van der Waals surface area contributed by atoms with Crippen molar-refractivity contribution >= 4 is 5.91 Å². The largest absolute Gasteiger partial charge is 0.335 e. The van der Waals surface area contributed by atoms with Crippen LogP contribution in [-0.2, 0) is 0 Å². The van der Waals surface area contributed by atoms with Gasteiger partial charge in [-0.25, -0.2) is 13.2 Å². The highest BCUT2D eigenvalue weighted by atomic mass is 19.2. The molecule has 1 unspecified atom stereocenters. The fraction of sp³-hybridized carbons (Fsp3) is 0.200. The second-order valence-electron chi connectivity index (χ2n) is 4.63. The molecule has 0 N–H and O–H groups in total. The summed E-state index contributed by atoms with van der Waals surface area (Å²) in [5.74, 6) is -4.97. The van der Waals surface area contributed by atoms with E-state index in [1.807, 2.05) is 0 Å². The third-order valence-electron chi connectivity index (χ3n) is 3.30. The third kappa shape index (κ3) is 3.04. The van der Waals surface area contributed by atoms with Gasteiger partial charge in [-0.15, -0.1) is 0 Å². The summed E-state index contributed by atoms with van der Waals surface area (Å²) in [5, 5.41) is 0. The predicted molar refractivity (Wildman–Crippen MR) is 71.1 cm³/mol. The molecule has 2 aromatic rings. The molecule has 0 saturated carbocycles. The lowest BCUT2D eigenvalue weighted by Crippen LogP contribution is -2.30. The number of rotatable bonds is 3. The van der Waals surface area contributed by atoms with E-state index < -0.39 is 23.4 Å². The van der Waals surface area contributed by atoms with E-state index in [0.29, 0.717) is 12.1 Å². The number of hydrogen-bond acceptors (Lipinski definition) is 2. The molecule has 0 radical (unpaired) electrons. The molecule has 0 saturated heterocycles. The van der Waals surface area contributed by atoms with E-state index in [1.54, 1.807) is 31.5 Å². The molecule has 3 nitrogen and oxygen atoms in total. The highest BCUT2D eigenvalue weighted by Crippen LogP contribution is 2.21. The number of aromatic nitrogens is 1. The smallest absolute Gasteiger partial charge is 0.254 e. The van der Waals surface area contributed by atoms with Crippen LogP contribution in [0.15, 0.2) is 36.7 Å². The van der Waals surface area contributed by atoms with Crippen molar-refractivity contribution in [3.05, 3.63) is 65.2 Å². The molecule has 2 rings (SSSR count). The first-order chi connectivity index (χ1) is 9.91. The molecule has 1 aromatic heterocycles. The van der Waals surface area contributed by atoms with Gasteiger partial charge in [-0.05, 0) is 30.7 Å². The molecule has 0 fully saturated rings. The maximum Gasteiger partial charge on any atom is 0.254 e. The number of nitrogens with zero attached hydrogens (tertiary/aromatic N) is 2. The van der Waals surface area contributed by atoms with Gasteiger partial charge in [0.15, 0.2) is 17.5 Å². The summed E-state index contributed by atoms with van der Waals surface area (Å²) in [4.78, 5) is 17.5. The highest BCUT2D eigenvalue weighted by molar-refractivity contribution is 5.94. The van der Waals surface area contributed by atoms with Crippen molar-refractivity contribution in [1.29, 1.82) is 0 Å². The number of amides is 1. The Hall–Kier alpha value is -2.37. The summed E-state index contributed by atoms with van der Waals surface area (Å²) in [6.45, 7) is 1.76. The molecule has 21 heavy (non-hydrogen) atoms. The normalized spacial score (nSPS) is 12.0. The Kier molecular flexibility index (Phi) is 4.26. The van der Waals surface area contributed by atoms with Crippen molar-refractivity contribution in [1.82, 2.24) is 9.88 Å². The first kappa shape index (κ1) is 15.0. The number of carbonyl (C=O) groups excluding carboxylic acids is 1. The second-order valence-corrected chi connectivity index (χ2v) is 4.63. The summed E-state index contributed by atoms with van der Waals surface area (Å²) < 4.78 is 39.3. The van der Waals surface area contributed by atoms with Gasteiger partial charge in [0, 0.05) is 25.0 Å². The maximum atomic E-state index is 13.2. The first-order valence-corrected chi connectivity index (χ1v) is 6.23. The number of hydrogen-bond donors (Lipinski definition) is 0. The van der Waals surface area contributed by atoms with Crippen molar-refractivity contribution in [2.75, 3.05) is 7.05 Å². The van der Waals surface area contributed by atoms with Crippen LogP contribution in [0.3, 0.4) is 0 Å². The Morgan fingerprint density at radius 1 is 1.24 bits per heavy atom. The van der Waals surface area contributed by atoms with Crippen LogP contribution in [0.2, 0.25) is 0 Å². The Bertz CT molecular complexity index is 638. The zero-order valence-corrected chi connectivity index (χ0v) is 11.5. The monoisotopic (exact) mass is 294 g/mol. The predicted octanol–water partition coefficient (Wildman–Crippen LogP) is 3.33. The lowest BCUT2D eigenvalue weighted by molar-refractivity contribution is 0.0741. The van der Waals surface area contributed by atoms with Gasteiger partial charge in [0.1, 0.15) is 0 Å². The molecule has 0 aliphatic rings. The van der Waals surface area contributed by atoms with Crippen molar-refractivity contribution in [2.45, 2.75) is 13.0 Å². The third-order valence-corrected chi connectivity index (χ3v) is 3.30. The van der Waals surface area contributed by atoms with Gasteiger partial charge in [-0.1, -0.05) is 6.07 Å². The van der Waals surface area contributed by atoms with E-state index in [0.717, 1.165) is 5.56 Å². The van der Waals surface area contributed by atoms with Gasteiger partial charge < -0.3 is 4.90 Å². The Morgan fingerprint density at radius 3 is 2.38 bits per heavy atom. The van der Waals surface area contributed by atoms with Crippen LogP contribution in [0, 0.1) is 17.5 Å².